The molecule has 0 aliphatic carbocycles. The van der Waals surface area contributed by atoms with Crippen molar-refractivity contribution in [2.75, 3.05) is 25.0 Å². The molecule has 20 heavy (non-hydrogen) atoms. The van der Waals surface area contributed by atoms with Crippen molar-refractivity contribution in [3.63, 3.8) is 0 Å². The Morgan fingerprint density at radius 1 is 1.45 bits per heavy atom. The molecular weight excluding hydrogens is 276 g/mol. The summed E-state index contributed by atoms with van der Waals surface area (Å²) in [5.41, 5.74) is 2.10. The Morgan fingerprint density at radius 3 is 2.95 bits per heavy atom. The van der Waals surface area contributed by atoms with Crippen molar-refractivity contribution in [2.45, 2.75) is 30.8 Å². The van der Waals surface area contributed by atoms with Gasteiger partial charge in [-0.1, -0.05) is 0 Å². The van der Waals surface area contributed by atoms with Crippen molar-refractivity contribution >= 4 is 15.7 Å². The van der Waals surface area contributed by atoms with Gasteiger partial charge in [0.15, 0.2) is 0 Å². The third kappa shape index (κ3) is 2.32. The van der Waals surface area contributed by atoms with Crippen LogP contribution in [-0.2, 0) is 16.4 Å². The maximum atomic E-state index is 12.6. The molecule has 0 bridgehead atoms. The molecule has 2 N–H and O–H groups in total. The minimum Gasteiger partial charge on any atom is -0.393 e. The Hall–Kier alpha value is -1.11. The van der Waals surface area contributed by atoms with Crippen LogP contribution in [0.5, 0.6) is 0 Å². The van der Waals surface area contributed by atoms with Crippen molar-refractivity contribution in [3.05, 3.63) is 23.8 Å². The van der Waals surface area contributed by atoms with Crippen LogP contribution in [0.1, 0.15) is 18.9 Å². The van der Waals surface area contributed by atoms with Crippen molar-refractivity contribution in [1.29, 1.82) is 0 Å². The predicted octanol–water partition coefficient (Wildman–Crippen LogP) is 1.05. The standard InChI is InChI=1S/C14H20N2O3S/c1-10(17)12-5-7-16(9-12)20(18,19)13-2-3-14-11(8-13)4-6-15-14/h2-3,8,10,12,15,17H,4-7,9H2,1H3. The average Bonchev–Trinajstić information content (AvgIpc) is 3.07. The Balaban J connectivity index is 1.86. The monoisotopic (exact) mass is 296 g/mol. The third-order valence-electron chi connectivity index (χ3n) is 4.29. The fourth-order valence-corrected chi connectivity index (χ4v) is 4.52. The number of nitrogens with zero attached hydrogens (tertiary/aromatic N) is 1. The van der Waals surface area contributed by atoms with E-state index in [4.69, 9.17) is 0 Å². The number of hydrogen-bond acceptors (Lipinski definition) is 4. The second-order valence-electron chi connectivity index (χ2n) is 5.65. The van der Waals surface area contributed by atoms with Gasteiger partial charge in [0.25, 0.3) is 0 Å². The summed E-state index contributed by atoms with van der Waals surface area (Å²) < 4.78 is 26.7. The van der Waals surface area contributed by atoms with Gasteiger partial charge >= 0.3 is 0 Å². The van der Waals surface area contributed by atoms with Crippen LogP contribution in [0.2, 0.25) is 0 Å². The summed E-state index contributed by atoms with van der Waals surface area (Å²) in [5, 5.41) is 12.8. The van der Waals surface area contributed by atoms with E-state index in [9.17, 15) is 13.5 Å². The molecule has 2 aliphatic heterocycles. The molecule has 110 valence electrons. The van der Waals surface area contributed by atoms with Crippen LogP contribution in [-0.4, -0.2) is 43.6 Å². The zero-order valence-electron chi connectivity index (χ0n) is 11.5. The highest BCUT2D eigenvalue weighted by Crippen LogP contribution is 2.30. The molecule has 0 saturated carbocycles. The molecule has 2 unspecified atom stereocenters. The van der Waals surface area contributed by atoms with E-state index in [1.165, 1.54) is 4.31 Å². The van der Waals surface area contributed by atoms with Gasteiger partial charge in [0.2, 0.25) is 10.0 Å². The Labute approximate surface area is 119 Å². The van der Waals surface area contributed by atoms with Crippen LogP contribution in [0.15, 0.2) is 23.1 Å². The van der Waals surface area contributed by atoms with E-state index in [-0.39, 0.29) is 5.92 Å². The lowest BCUT2D eigenvalue weighted by atomic mass is 10.0. The van der Waals surface area contributed by atoms with Crippen LogP contribution >= 0.6 is 0 Å². The number of aliphatic hydroxyl groups is 1. The molecule has 2 atom stereocenters. The van der Waals surface area contributed by atoms with E-state index in [0.29, 0.717) is 18.0 Å². The number of anilines is 1. The first-order chi connectivity index (χ1) is 9.48. The zero-order valence-corrected chi connectivity index (χ0v) is 12.4. The lowest BCUT2D eigenvalue weighted by Gasteiger charge is -2.18. The predicted molar refractivity (Wildman–Crippen MR) is 77.2 cm³/mol. The number of benzene rings is 1. The molecule has 1 saturated heterocycles. The highest BCUT2D eigenvalue weighted by Gasteiger charge is 2.34. The number of fused-ring (bicyclic) bond motifs is 1. The van der Waals surface area contributed by atoms with Crippen molar-refractivity contribution in [1.82, 2.24) is 4.31 Å². The first kappa shape index (κ1) is 13.9. The highest BCUT2D eigenvalue weighted by atomic mass is 32.2. The van der Waals surface area contributed by atoms with Crippen molar-refractivity contribution in [3.8, 4) is 0 Å². The number of hydrogen-bond donors (Lipinski definition) is 2. The average molecular weight is 296 g/mol. The van der Waals surface area contributed by atoms with Crippen LogP contribution in [0.4, 0.5) is 5.69 Å². The molecule has 1 aromatic carbocycles. The van der Waals surface area contributed by atoms with E-state index in [0.717, 1.165) is 30.6 Å². The molecule has 6 heteroatoms. The van der Waals surface area contributed by atoms with Gasteiger partial charge in [-0.05, 0) is 49.4 Å². The maximum Gasteiger partial charge on any atom is 0.243 e. The van der Waals surface area contributed by atoms with Crippen molar-refractivity contribution in [2.24, 2.45) is 5.92 Å². The van der Waals surface area contributed by atoms with Crippen LogP contribution in [0.3, 0.4) is 0 Å². The number of nitrogens with one attached hydrogen (secondary N) is 1. The normalized spacial score (nSPS) is 24.4. The summed E-state index contributed by atoms with van der Waals surface area (Å²) in [4.78, 5) is 0.367. The van der Waals surface area contributed by atoms with Gasteiger partial charge in [-0.2, -0.15) is 4.31 Å². The summed E-state index contributed by atoms with van der Waals surface area (Å²) in [6.45, 7) is 3.50. The van der Waals surface area contributed by atoms with Crippen LogP contribution in [0.25, 0.3) is 0 Å². The van der Waals surface area contributed by atoms with Crippen molar-refractivity contribution < 1.29 is 13.5 Å². The fraction of sp³-hybridized carbons (Fsp3) is 0.571. The number of rotatable bonds is 3. The molecule has 1 fully saturated rings. The summed E-state index contributed by atoms with van der Waals surface area (Å²) in [6.07, 6.45) is 1.14. The second-order valence-corrected chi connectivity index (χ2v) is 7.59. The highest BCUT2D eigenvalue weighted by molar-refractivity contribution is 7.89. The van der Waals surface area contributed by atoms with Crippen LogP contribution in [0, 0.1) is 5.92 Å². The molecule has 0 spiro atoms. The van der Waals surface area contributed by atoms with E-state index in [1.54, 1.807) is 19.1 Å². The summed E-state index contributed by atoms with van der Waals surface area (Å²) in [5.74, 6) is 0.0425. The summed E-state index contributed by atoms with van der Waals surface area (Å²) in [7, 11) is -3.43. The lowest BCUT2D eigenvalue weighted by Crippen LogP contribution is -2.30. The van der Waals surface area contributed by atoms with E-state index in [2.05, 4.69) is 5.32 Å². The number of sulfonamides is 1. The van der Waals surface area contributed by atoms with Gasteiger partial charge in [0.05, 0.1) is 11.0 Å². The Morgan fingerprint density at radius 2 is 2.25 bits per heavy atom. The Bertz CT molecular complexity index is 613. The molecular formula is C14H20N2O3S. The lowest BCUT2D eigenvalue weighted by molar-refractivity contribution is 0.133. The molecule has 5 nitrogen and oxygen atoms in total. The van der Waals surface area contributed by atoms with Gasteiger partial charge in [0, 0.05) is 25.3 Å². The van der Waals surface area contributed by atoms with Gasteiger partial charge < -0.3 is 10.4 Å². The third-order valence-corrected chi connectivity index (χ3v) is 6.16. The maximum absolute atomic E-state index is 12.6. The first-order valence-electron chi connectivity index (χ1n) is 7.03. The quantitative estimate of drug-likeness (QED) is 0.874. The molecule has 2 heterocycles. The fourth-order valence-electron chi connectivity index (χ4n) is 2.96. The zero-order chi connectivity index (χ0) is 14.3. The van der Waals surface area contributed by atoms with Gasteiger partial charge in [-0.3, -0.25) is 0 Å². The van der Waals surface area contributed by atoms with E-state index < -0.39 is 16.1 Å². The molecule has 0 amide bonds. The molecule has 0 aromatic heterocycles. The Kier molecular flexibility index (Phi) is 3.48. The summed E-state index contributed by atoms with van der Waals surface area (Å²) in [6, 6.07) is 5.29. The second kappa shape index (κ2) is 5.02. The molecule has 1 aromatic rings. The minimum absolute atomic E-state index is 0.0425. The molecule has 2 aliphatic rings. The largest absolute Gasteiger partial charge is 0.393 e. The minimum atomic E-state index is -3.43. The van der Waals surface area contributed by atoms with Gasteiger partial charge in [0.1, 0.15) is 0 Å². The van der Waals surface area contributed by atoms with Gasteiger partial charge in [-0.15, -0.1) is 0 Å². The van der Waals surface area contributed by atoms with Crippen LogP contribution < -0.4 is 5.32 Å². The van der Waals surface area contributed by atoms with Gasteiger partial charge in [-0.25, -0.2) is 8.42 Å². The smallest absolute Gasteiger partial charge is 0.243 e. The van der Waals surface area contributed by atoms with E-state index >= 15 is 0 Å². The first-order valence-corrected chi connectivity index (χ1v) is 8.47. The molecule has 0 radical (unpaired) electrons. The summed E-state index contributed by atoms with van der Waals surface area (Å²) >= 11 is 0. The molecule has 3 rings (SSSR count). The topological polar surface area (TPSA) is 69.6 Å². The van der Waals surface area contributed by atoms with E-state index in [1.807, 2.05) is 6.07 Å². The number of aliphatic hydroxyl groups excluding tert-OH is 1. The SMILES string of the molecule is CC(O)C1CCN(S(=O)(=O)c2ccc3c(c2)CCN3)C1.